The Labute approximate surface area is 188 Å². The fraction of sp³-hybridized carbons (Fsp3) is 0.0400. The molecule has 156 valence electrons. The van der Waals surface area contributed by atoms with Gasteiger partial charge in [0.25, 0.3) is 5.56 Å². The van der Waals surface area contributed by atoms with Gasteiger partial charge < -0.3 is 4.74 Å². The number of fused-ring (bicyclic) bond motifs is 1. The molecule has 0 atom stereocenters. The number of hydrogen-bond donors (Lipinski definition) is 0. The van der Waals surface area contributed by atoms with E-state index in [9.17, 15) is 4.79 Å². The third-order valence-corrected chi connectivity index (χ3v) is 5.93. The van der Waals surface area contributed by atoms with Gasteiger partial charge >= 0.3 is 0 Å². The van der Waals surface area contributed by atoms with Crippen molar-refractivity contribution in [2.45, 2.75) is 0 Å². The van der Waals surface area contributed by atoms with Gasteiger partial charge in [0.2, 0.25) is 5.13 Å². The zero-order valence-corrected chi connectivity index (χ0v) is 18.0. The van der Waals surface area contributed by atoms with Crippen molar-refractivity contribution >= 4 is 34.4 Å². The van der Waals surface area contributed by atoms with Crippen molar-refractivity contribution in [1.29, 1.82) is 0 Å². The van der Waals surface area contributed by atoms with Crippen LogP contribution < -0.4 is 10.3 Å². The molecule has 0 N–H and O–H groups in total. The quantitative estimate of drug-likeness (QED) is 0.383. The van der Waals surface area contributed by atoms with Gasteiger partial charge in [-0.25, -0.2) is 9.55 Å². The monoisotopic (exact) mass is 438 g/mol. The molecular weight excluding hydrogens is 420 g/mol. The zero-order valence-electron chi connectivity index (χ0n) is 17.2. The third kappa shape index (κ3) is 3.81. The average molecular weight is 439 g/mol. The fourth-order valence-electron chi connectivity index (χ4n) is 3.34. The second-order valence-electron chi connectivity index (χ2n) is 6.99. The number of rotatable bonds is 5. The number of ether oxygens (including phenoxy) is 1. The first kappa shape index (κ1) is 19.8. The average Bonchev–Trinajstić information content (AvgIpc) is 3.33. The molecule has 3 aromatic carbocycles. The summed E-state index contributed by atoms with van der Waals surface area (Å²) in [4.78, 5) is 18.1. The Kier molecular flexibility index (Phi) is 5.31. The summed E-state index contributed by atoms with van der Waals surface area (Å²) in [6.45, 7) is 0. The zero-order chi connectivity index (χ0) is 21.9. The van der Waals surface area contributed by atoms with E-state index >= 15 is 0 Å². The highest BCUT2D eigenvalue weighted by Crippen LogP contribution is 2.26. The van der Waals surface area contributed by atoms with Gasteiger partial charge in [-0.15, -0.1) is 10.2 Å². The van der Waals surface area contributed by atoms with Gasteiger partial charge in [-0.1, -0.05) is 72.0 Å². The van der Waals surface area contributed by atoms with Crippen LogP contribution in [0.2, 0.25) is 0 Å². The number of hydrogen-bond acceptors (Lipinski definition) is 6. The SMILES string of the molecule is COc1ccc(/C=C/c2nc3ccccc3c(=O)n2-c2nnc(-c3ccccc3)s2)cc1. The molecule has 0 amide bonds. The summed E-state index contributed by atoms with van der Waals surface area (Å²) in [5.74, 6) is 1.27. The maximum Gasteiger partial charge on any atom is 0.268 e. The van der Waals surface area contributed by atoms with Crippen LogP contribution >= 0.6 is 11.3 Å². The van der Waals surface area contributed by atoms with Gasteiger partial charge in [0, 0.05) is 5.56 Å². The van der Waals surface area contributed by atoms with Crippen LogP contribution in [0.3, 0.4) is 0 Å². The predicted octanol–water partition coefficient (Wildman–Crippen LogP) is 5.08. The summed E-state index contributed by atoms with van der Waals surface area (Å²) in [6, 6.07) is 24.7. The van der Waals surface area contributed by atoms with Crippen LogP contribution in [0.15, 0.2) is 83.7 Å². The van der Waals surface area contributed by atoms with Crippen LogP contribution in [0, 0.1) is 0 Å². The lowest BCUT2D eigenvalue weighted by molar-refractivity contribution is 0.415. The Morgan fingerprint density at radius 3 is 2.41 bits per heavy atom. The highest BCUT2D eigenvalue weighted by molar-refractivity contribution is 7.17. The standard InChI is InChI=1S/C25H18N4O2S/c1-31-19-14-11-17(12-15-19)13-16-22-26-21-10-6-5-9-20(21)24(30)29(22)25-28-27-23(32-25)18-7-3-2-4-8-18/h2-16H,1H3/b16-13+. The lowest BCUT2D eigenvalue weighted by atomic mass is 10.2. The summed E-state index contributed by atoms with van der Waals surface area (Å²) in [6.07, 6.45) is 3.73. The Balaban J connectivity index is 1.64. The van der Waals surface area contributed by atoms with E-state index in [2.05, 4.69) is 10.2 Å². The molecule has 0 aliphatic heterocycles. The Morgan fingerprint density at radius 2 is 1.62 bits per heavy atom. The number of aromatic nitrogens is 4. The molecule has 5 rings (SSSR count). The Morgan fingerprint density at radius 1 is 0.875 bits per heavy atom. The lowest BCUT2D eigenvalue weighted by Gasteiger charge is -2.08. The van der Waals surface area contributed by atoms with Gasteiger partial charge in [0.1, 0.15) is 16.6 Å². The first-order chi connectivity index (χ1) is 15.7. The molecule has 0 spiro atoms. The van der Waals surface area contributed by atoms with E-state index in [-0.39, 0.29) is 5.56 Å². The molecule has 0 radical (unpaired) electrons. The first-order valence-electron chi connectivity index (χ1n) is 9.96. The Hall–Kier alpha value is -4.10. The lowest BCUT2D eigenvalue weighted by Crippen LogP contribution is -2.22. The van der Waals surface area contributed by atoms with Gasteiger partial charge in [-0.3, -0.25) is 4.79 Å². The van der Waals surface area contributed by atoms with Crippen molar-refractivity contribution in [2.75, 3.05) is 7.11 Å². The van der Waals surface area contributed by atoms with E-state index < -0.39 is 0 Å². The van der Waals surface area contributed by atoms with Crippen molar-refractivity contribution < 1.29 is 4.74 Å². The van der Waals surface area contributed by atoms with Crippen molar-refractivity contribution in [1.82, 2.24) is 19.7 Å². The largest absolute Gasteiger partial charge is 0.497 e. The van der Waals surface area contributed by atoms with E-state index in [1.54, 1.807) is 13.2 Å². The van der Waals surface area contributed by atoms with Crippen molar-refractivity contribution in [2.24, 2.45) is 0 Å². The van der Waals surface area contributed by atoms with Crippen LogP contribution in [-0.4, -0.2) is 26.9 Å². The van der Waals surface area contributed by atoms with Crippen molar-refractivity contribution in [3.8, 4) is 21.5 Å². The smallest absolute Gasteiger partial charge is 0.268 e. The summed E-state index contributed by atoms with van der Waals surface area (Å²) in [5, 5.41) is 10.4. The highest BCUT2D eigenvalue weighted by Gasteiger charge is 2.15. The van der Waals surface area contributed by atoms with Crippen LogP contribution in [0.5, 0.6) is 5.75 Å². The summed E-state index contributed by atoms with van der Waals surface area (Å²) >= 11 is 1.35. The highest BCUT2D eigenvalue weighted by atomic mass is 32.1. The van der Waals surface area contributed by atoms with Crippen molar-refractivity contribution in [3.63, 3.8) is 0 Å². The minimum absolute atomic E-state index is 0.180. The van der Waals surface area contributed by atoms with Crippen LogP contribution in [0.1, 0.15) is 11.4 Å². The van der Waals surface area contributed by atoms with Gasteiger partial charge in [0.05, 0.1) is 18.0 Å². The second kappa shape index (κ2) is 8.56. The van der Waals surface area contributed by atoms with E-state index in [0.717, 1.165) is 21.9 Å². The molecule has 0 bridgehead atoms. The molecule has 2 heterocycles. The summed E-state index contributed by atoms with van der Waals surface area (Å²) in [7, 11) is 1.63. The minimum atomic E-state index is -0.180. The number of nitrogens with zero attached hydrogens (tertiary/aromatic N) is 4. The third-order valence-electron chi connectivity index (χ3n) is 4.97. The molecule has 7 heteroatoms. The maximum atomic E-state index is 13.4. The molecule has 0 aliphatic carbocycles. The molecule has 0 saturated heterocycles. The van der Waals surface area contributed by atoms with Crippen LogP contribution in [0.25, 0.3) is 38.8 Å². The molecule has 0 saturated carbocycles. The number of benzene rings is 3. The van der Waals surface area contributed by atoms with Gasteiger partial charge in [-0.2, -0.15) is 0 Å². The topological polar surface area (TPSA) is 69.9 Å². The molecule has 0 aliphatic rings. The van der Waals surface area contributed by atoms with Crippen LogP contribution in [0.4, 0.5) is 0 Å². The number of para-hydroxylation sites is 1. The molecular formula is C25H18N4O2S. The summed E-state index contributed by atoms with van der Waals surface area (Å²) in [5.41, 5.74) is 2.37. The fourth-order valence-corrected chi connectivity index (χ4v) is 4.19. The maximum absolute atomic E-state index is 13.4. The molecule has 0 unspecified atom stereocenters. The first-order valence-corrected chi connectivity index (χ1v) is 10.8. The molecule has 6 nitrogen and oxygen atoms in total. The second-order valence-corrected chi connectivity index (χ2v) is 7.95. The molecule has 2 aromatic heterocycles. The Bertz CT molecular complexity index is 1470. The van der Waals surface area contributed by atoms with Crippen LogP contribution in [-0.2, 0) is 0 Å². The summed E-state index contributed by atoms with van der Waals surface area (Å²) < 4.78 is 6.74. The molecule has 0 fully saturated rings. The van der Waals surface area contributed by atoms with E-state index in [0.29, 0.717) is 21.9 Å². The van der Waals surface area contributed by atoms with Gasteiger partial charge in [0.15, 0.2) is 0 Å². The number of methoxy groups -OCH3 is 1. The van der Waals surface area contributed by atoms with E-state index in [1.807, 2.05) is 84.9 Å². The van der Waals surface area contributed by atoms with E-state index in [4.69, 9.17) is 9.72 Å². The molecule has 32 heavy (non-hydrogen) atoms. The van der Waals surface area contributed by atoms with Crippen molar-refractivity contribution in [3.05, 3.63) is 101 Å². The minimum Gasteiger partial charge on any atom is -0.497 e. The van der Waals surface area contributed by atoms with Gasteiger partial charge in [-0.05, 0) is 35.9 Å². The normalized spacial score (nSPS) is 11.3. The van der Waals surface area contributed by atoms with E-state index in [1.165, 1.54) is 15.9 Å². The predicted molar refractivity (Wildman–Crippen MR) is 128 cm³/mol. The molecule has 5 aromatic rings.